The molecule has 6 atom stereocenters. The van der Waals surface area contributed by atoms with Crippen molar-refractivity contribution in [1.82, 2.24) is 0 Å². The Kier molecular flexibility index (Phi) is 13.1. The summed E-state index contributed by atoms with van der Waals surface area (Å²) in [6.07, 6.45) is -5.03. The zero-order valence-electron chi connectivity index (χ0n) is 28.0. The monoisotopic (exact) mass is 672 g/mol. The second-order valence-corrected chi connectivity index (χ2v) is 12.5. The lowest BCUT2D eigenvalue weighted by Crippen LogP contribution is -2.64. The van der Waals surface area contributed by atoms with E-state index in [1.807, 2.05) is 140 Å². The number of hydrogen-bond donors (Lipinski definition) is 1. The first-order valence-electron chi connectivity index (χ1n) is 17.1. The van der Waals surface area contributed by atoms with Crippen LogP contribution in [0.3, 0.4) is 0 Å². The van der Waals surface area contributed by atoms with Gasteiger partial charge in [0.05, 0.1) is 39.1 Å². The third-order valence-corrected chi connectivity index (χ3v) is 8.79. The molecule has 0 aliphatic carbocycles. The van der Waals surface area contributed by atoms with Crippen LogP contribution in [0.4, 0.5) is 0 Å². The van der Waals surface area contributed by atoms with Crippen molar-refractivity contribution >= 4 is 5.78 Å². The van der Waals surface area contributed by atoms with Crippen LogP contribution in [0.25, 0.3) is 0 Å². The predicted octanol–water partition coefficient (Wildman–Crippen LogP) is 7.36. The Balaban J connectivity index is 1.32. The number of benzene rings is 5. The third kappa shape index (κ3) is 10.0. The van der Waals surface area contributed by atoms with Crippen molar-refractivity contribution in [3.05, 3.63) is 179 Å². The van der Waals surface area contributed by atoms with Crippen LogP contribution >= 0.6 is 0 Å². The number of ether oxygens (including phenoxy) is 5. The van der Waals surface area contributed by atoms with Gasteiger partial charge in [-0.1, -0.05) is 152 Å². The largest absolute Gasteiger partial charge is 0.390 e. The number of carbonyl (C=O) groups is 1. The van der Waals surface area contributed by atoms with Crippen LogP contribution in [0.1, 0.15) is 39.0 Å². The third-order valence-electron chi connectivity index (χ3n) is 8.79. The van der Waals surface area contributed by atoms with Crippen molar-refractivity contribution in [2.24, 2.45) is 0 Å². The Morgan fingerprint density at radius 2 is 0.940 bits per heavy atom. The Morgan fingerprint density at radius 3 is 1.42 bits per heavy atom. The van der Waals surface area contributed by atoms with Gasteiger partial charge in [0.15, 0.2) is 5.78 Å². The van der Waals surface area contributed by atoms with Gasteiger partial charge in [0.1, 0.15) is 30.5 Å². The summed E-state index contributed by atoms with van der Waals surface area (Å²) in [5.41, 5.74) is 4.48. The summed E-state index contributed by atoms with van der Waals surface area (Å²) in [5, 5.41) is 11.8. The zero-order valence-corrected chi connectivity index (χ0v) is 28.0. The summed E-state index contributed by atoms with van der Waals surface area (Å²) in [6, 6.07) is 48.6. The molecule has 0 saturated carbocycles. The Hall–Kier alpha value is -4.47. The molecular weight excluding hydrogens is 628 g/mol. The van der Waals surface area contributed by atoms with Crippen LogP contribution in [0.2, 0.25) is 0 Å². The van der Waals surface area contributed by atoms with E-state index in [0.717, 1.165) is 22.3 Å². The normalized spacial score (nSPS) is 21.0. The molecule has 7 heteroatoms. The highest BCUT2D eigenvalue weighted by atomic mass is 16.6. The van der Waals surface area contributed by atoms with Gasteiger partial charge in [0.25, 0.3) is 0 Å². The zero-order chi connectivity index (χ0) is 34.4. The van der Waals surface area contributed by atoms with E-state index in [2.05, 4.69) is 0 Å². The average molecular weight is 673 g/mol. The molecule has 0 spiro atoms. The molecule has 7 nitrogen and oxygen atoms in total. The van der Waals surface area contributed by atoms with E-state index < -0.39 is 36.6 Å². The lowest BCUT2D eigenvalue weighted by molar-refractivity contribution is -0.286. The smallest absolute Gasteiger partial charge is 0.165 e. The van der Waals surface area contributed by atoms with Crippen molar-refractivity contribution < 1.29 is 33.6 Å². The molecular formula is C43H44O7. The highest BCUT2D eigenvalue weighted by Gasteiger charge is 2.50. The molecule has 0 amide bonds. The first-order valence-corrected chi connectivity index (χ1v) is 17.1. The molecule has 1 aliphatic heterocycles. The number of ketones is 1. The molecule has 1 saturated heterocycles. The van der Waals surface area contributed by atoms with Gasteiger partial charge in [0, 0.05) is 12.0 Å². The van der Waals surface area contributed by atoms with Crippen LogP contribution in [0, 0.1) is 0 Å². The molecule has 0 bridgehead atoms. The Morgan fingerprint density at radius 1 is 0.540 bits per heavy atom. The van der Waals surface area contributed by atoms with E-state index in [1.165, 1.54) is 0 Å². The SMILES string of the molecule is O=C(C[C@H](O)[C@@H]1O[C@H](COCc2ccccc2)[C@@H](OCc2ccccc2)[C@H](OCc2ccccc2)[C@H]1OCc1ccccc1)c1ccccc1. The van der Waals surface area contributed by atoms with E-state index in [0.29, 0.717) is 18.8 Å². The van der Waals surface area contributed by atoms with E-state index in [9.17, 15) is 9.90 Å². The van der Waals surface area contributed by atoms with Crippen molar-refractivity contribution in [2.75, 3.05) is 6.61 Å². The van der Waals surface area contributed by atoms with Gasteiger partial charge < -0.3 is 28.8 Å². The molecule has 0 radical (unpaired) electrons. The van der Waals surface area contributed by atoms with Crippen molar-refractivity contribution in [3.63, 3.8) is 0 Å². The summed E-state index contributed by atoms with van der Waals surface area (Å²) in [4.78, 5) is 13.4. The van der Waals surface area contributed by atoms with E-state index in [1.54, 1.807) is 12.1 Å². The van der Waals surface area contributed by atoms with Gasteiger partial charge in [-0.15, -0.1) is 0 Å². The fourth-order valence-corrected chi connectivity index (χ4v) is 6.18. The first kappa shape index (κ1) is 35.4. The first-order chi connectivity index (χ1) is 24.6. The molecule has 50 heavy (non-hydrogen) atoms. The van der Waals surface area contributed by atoms with Crippen LogP contribution in [0.5, 0.6) is 0 Å². The van der Waals surface area contributed by atoms with Gasteiger partial charge >= 0.3 is 0 Å². The summed E-state index contributed by atoms with van der Waals surface area (Å²) in [6.45, 7) is 1.37. The molecule has 5 aromatic carbocycles. The second-order valence-electron chi connectivity index (χ2n) is 12.5. The molecule has 1 heterocycles. The number of Topliss-reactive ketones (excluding diaryl/α,β-unsaturated/α-hetero) is 1. The van der Waals surface area contributed by atoms with Crippen LogP contribution in [-0.4, -0.2) is 54.1 Å². The molecule has 0 unspecified atom stereocenters. The maximum atomic E-state index is 13.4. The summed E-state index contributed by atoms with van der Waals surface area (Å²) < 4.78 is 33.1. The molecule has 1 N–H and O–H groups in total. The maximum absolute atomic E-state index is 13.4. The van der Waals surface area contributed by atoms with Gasteiger partial charge in [-0.05, 0) is 22.3 Å². The molecule has 1 aliphatic rings. The molecule has 1 fully saturated rings. The molecule has 5 aromatic rings. The highest BCUT2D eigenvalue weighted by Crippen LogP contribution is 2.33. The van der Waals surface area contributed by atoms with Crippen molar-refractivity contribution in [2.45, 2.75) is 69.5 Å². The summed E-state index contributed by atoms with van der Waals surface area (Å²) in [7, 11) is 0. The number of carbonyl (C=O) groups excluding carboxylic acids is 1. The fraction of sp³-hybridized carbons (Fsp3) is 0.279. The topological polar surface area (TPSA) is 83.5 Å². The molecule has 258 valence electrons. The Bertz CT molecular complexity index is 1690. The molecule has 6 rings (SSSR count). The predicted molar refractivity (Wildman–Crippen MR) is 191 cm³/mol. The standard InChI is InChI=1S/C43H44O7/c44-37(36-24-14-5-15-25-36)26-38(45)40-42(48-29-34-20-10-3-11-21-34)43(49-30-35-22-12-4-13-23-35)41(47-28-33-18-8-2-9-19-33)39(50-40)31-46-27-32-16-6-1-7-17-32/h1-25,38-43,45H,26-31H2/t38-,39+,40-,41+,42-,43-/m0/s1. The number of rotatable bonds is 17. The van der Waals surface area contributed by atoms with Crippen LogP contribution in [0.15, 0.2) is 152 Å². The van der Waals surface area contributed by atoms with Gasteiger partial charge in [0.2, 0.25) is 0 Å². The second kappa shape index (κ2) is 18.5. The lowest BCUT2D eigenvalue weighted by atomic mass is 9.89. The quantitative estimate of drug-likeness (QED) is 0.103. The van der Waals surface area contributed by atoms with Crippen LogP contribution < -0.4 is 0 Å². The van der Waals surface area contributed by atoms with E-state index in [-0.39, 0.29) is 32.0 Å². The van der Waals surface area contributed by atoms with Gasteiger partial charge in [-0.2, -0.15) is 0 Å². The Labute approximate surface area is 294 Å². The summed E-state index contributed by atoms with van der Waals surface area (Å²) >= 11 is 0. The number of aliphatic hydroxyl groups excluding tert-OH is 1. The maximum Gasteiger partial charge on any atom is 0.165 e. The fourth-order valence-electron chi connectivity index (χ4n) is 6.18. The van der Waals surface area contributed by atoms with Gasteiger partial charge in [-0.3, -0.25) is 4.79 Å². The van der Waals surface area contributed by atoms with Crippen LogP contribution in [-0.2, 0) is 50.1 Å². The van der Waals surface area contributed by atoms with Crippen molar-refractivity contribution in [3.8, 4) is 0 Å². The van der Waals surface area contributed by atoms with E-state index in [4.69, 9.17) is 23.7 Å². The lowest BCUT2D eigenvalue weighted by Gasteiger charge is -2.47. The average Bonchev–Trinajstić information content (AvgIpc) is 3.17. The van der Waals surface area contributed by atoms with E-state index >= 15 is 0 Å². The van der Waals surface area contributed by atoms with Crippen molar-refractivity contribution in [1.29, 1.82) is 0 Å². The minimum absolute atomic E-state index is 0.154. The molecule has 0 aromatic heterocycles. The number of hydrogen-bond acceptors (Lipinski definition) is 7. The highest BCUT2D eigenvalue weighted by molar-refractivity contribution is 5.96. The minimum Gasteiger partial charge on any atom is -0.390 e. The summed E-state index contributed by atoms with van der Waals surface area (Å²) in [5.74, 6) is -0.190. The number of aliphatic hydroxyl groups is 1. The minimum atomic E-state index is -1.20. The van der Waals surface area contributed by atoms with Gasteiger partial charge in [-0.25, -0.2) is 0 Å².